The lowest BCUT2D eigenvalue weighted by molar-refractivity contribution is -0.120. The van der Waals surface area contributed by atoms with Gasteiger partial charge < -0.3 is 20.5 Å². The predicted octanol–water partition coefficient (Wildman–Crippen LogP) is 2.00. The van der Waals surface area contributed by atoms with Gasteiger partial charge >= 0.3 is 0 Å². The minimum atomic E-state index is 0.0119. The highest BCUT2D eigenvalue weighted by atomic mass is 16.5. The molecule has 0 spiro atoms. The monoisotopic (exact) mass is 347 g/mol. The highest BCUT2D eigenvalue weighted by molar-refractivity contribution is 5.91. The fraction of sp³-hybridized carbons (Fsp3) is 0.632. The number of benzene rings is 1. The number of rotatable bonds is 7. The zero-order chi connectivity index (χ0) is 17.5. The molecule has 0 aromatic heterocycles. The quantitative estimate of drug-likeness (QED) is 0.789. The lowest BCUT2D eigenvalue weighted by Crippen LogP contribution is -2.53. The van der Waals surface area contributed by atoms with Gasteiger partial charge in [-0.3, -0.25) is 9.69 Å². The molecule has 1 aliphatic heterocycles. The molecular weight excluding hydrogens is 318 g/mol. The summed E-state index contributed by atoms with van der Waals surface area (Å²) >= 11 is 0. The van der Waals surface area contributed by atoms with E-state index in [0.29, 0.717) is 19.6 Å². The van der Waals surface area contributed by atoms with Crippen LogP contribution in [0.1, 0.15) is 32.1 Å². The van der Waals surface area contributed by atoms with Crippen LogP contribution in [-0.2, 0) is 9.53 Å². The van der Waals surface area contributed by atoms with Gasteiger partial charge in [0, 0.05) is 37.3 Å². The number of hydrogen-bond donors (Lipinski definition) is 2. The van der Waals surface area contributed by atoms with Crippen molar-refractivity contribution in [1.82, 2.24) is 4.90 Å². The molecule has 1 aromatic carbocycles. The Balaban J connectivity index is 1.58. The summed E-state index contributed by atoms with van der Waals surface area (Å²) in [5.41, 5.74) is 6.25. The molecule has 0 radical (unpaired) electrons. The zero-order valence-corrected chi connectivity index (χ0v) is 14.8. The molecule has 1 heterocycles. The molecule has 6 heteroatoms. The van der Waals surface area contributed by atoms with Gasteiger partial charge in [0.2, 0.25) is 5.91 Å². The third-order valence-electron chi connectivity index (χ3n) is 5.23. The Morgan fingerprint density at radius 1 is 1.20 bits per heavy atom. The maximum Gasteiger partial charge on any atom is 0.226 e. The minimum Gasteiger partial charge on any atom is -0.492 e. The smallest absolute Gasteiger partial charge is 0.226 e. The summed E-state index contributed by atoms with van der Waals surface area (Å²) < 4.78 is 10.9. The number of ether oxygens (including phenoxy) is 2. The summed E-state index contributed by atoms with van der Waals surface area (Å²) in [7, 11) is 0. The zero-order valence-electron chi connectivity index (χ0n) is 14.8. The van der Waals surface area contributed by atoms with E-state index >= 15 is 0 Å². The van der Waals surface area contributed by atoms with Crippen LogP contribution in [0.5, 0.6) is 5.75 Å². The predicted molar refractivity (Wildman–Crippen MR) is 97.8 cm³/mol. The lowest BCUT2D eigenvalue weighted by atomic mass is 9.90. The van der Waals surface area contributed by atoms with E-state index in [-0.39, 0.29) is 11.4 Å². The molecule has 0 atom stereocenters. The average Bonchev–Trinajstić information content (AvgIpc) is 3.11. The molecule has 138 valence electrons. The van der Waals surface area contributed by atoms with Crippen LogP contribution in [0.15, 0.2) is 24.3 Å². The summed E-state index contributed by atoms with van der Waals surface area (Å²) in [6, 6.07) is 7.47. The third kappa shape index (κ3) is 4.71. The van der Waals surface area contributed by atoms with E-state index in [1.54, 1.807) is 0 Å². The van der Waals surface area contributed by atoms with Crippen LogP contribution in [0.25, 0.3) is 0 Å². The number of morpholine rings is 1. The van der Waals surface area contributed by atoms with Crippen LogP contribution in [0.2, 0.25) is 0 Å². The average molecular weight is 347 g/mol. The van der Waals surface area contributed by atoms with E-state index in [4.69, 9.17) is 15.2 Å². The highest BCUT2D eigenvalue weighted by Crippen LogP contribution is 2.38. The third-order valence-corrected chi connectivity index (χ3v) is 5.23. The molecular formula is C19H29N3O3. The first kappa shape index (κ1) is 18.2. The molecule has 6 nitrogen and oxygen atoms in total. The summed E-state index contributed by atoms with van der Waals surface area (Å²) in [5, 5.41) is 3.04. The van der Waals surface area contributed by atoms with Crippen molar-refractivity contribution in [3.8, 4) is 5.75 Å². The molecule has 1 saturated heterocycles. The van der Waals surface area contributed by atoms with Gasteiger partial charge in [0.1, 0.15) is 12.4 Å². The maximum atomic E-state index is 12.7. The maximum absolute atomic E-state index is 12.7. The molecule has 3 rings (SSSR count). The first-order chi connectivity index (χ1) is 12.2. The van der Waals surface area contributed by atoms with Gasteiger partial charge in [-0.25, -0.2) is 0 Å². The Morgan fingerprint density at radius 3 is 2.52 bits per heavy atom. The largest absolute Gasteiger partial charge is 0.492 e. The molecule has 1 saturated carbocycles. The van der Waals surface area contributed by atoms with E-state index in [0.717, 1.165) is 50.6 Å². The summed E-state index contributed by atoms with van der Waals surface area (Å²) in [4.78, 5) is 15.1. The van der Waals surface area contributed by atoms with Crippen molar-refractivity contribution in [1.29, 1.82) is 0 Å². The number of anilines is 1. The van der Waals surface area contributed by atoms with Crippen LogP contribution in [0.4, 0.5) is 5.69 Å². The Kier molecular flexibility index (Phi) is 6.29. The number of nitrogens with one attached hydrogen (secondary N) is 1. The number of nitrogens with two attached hydrogens (primary N) is 1. The number of carbonyl (C=O) groups is 1. The van der Waals surface area contributed by atoms with Crippen molar-refractivity contribution in [2.75, 3.05) is 44.8 Å². The normalized spacial score (nSPS) is 20.4. The van der Waals surface area contributed by atoms with Crippen LogP contribution in [0, 0.1) is 0 Å². The first-order valence-electron chi connectivity index (χ1n) is 9.27. The Labute approximate surface area is 149 Å². The molecule has 3 N–H and O–H groups in total. The van der Waals surface area contributed by atoms with E-state index in [1.807, 2.05) is 24.3 Å². The minimum absolute atomic E-state index is 0.0119. The Morgan fingerprint density at radius 2 is 1.88 bits per heavy atom. The molecule has 1 aliphatic carbocycles. The second kappa shape index (κ2) is 8.65. The molecule has 2 fully saturated rings. The molecule has 2 aliphatic rings. The number of carbonyl (C=O) groups excluding carboxylic acids is 1. The molecule has 0 unspecified atom stereocenters. The fourth-order valence-corrected chi connectivity index (χ4v) is 3.99. The first-order valence-corrected chi connectivity index (χ1v) is 9.27. The topological polar surface area (TPSA) is 76.8 Å². The van der Waals surface area contributed by atoms with Crippen LogP contribution < -0.4 is 15.8 Å². The van der Waals surface area contributed by atoms with Crippen molar-refractivity contribution >= 4 is 11.6 Å². The number of amides is 1. The van der Waals surface area contributed by atoms with Crippen molar-refractivity contribution in [3.05, 3.63) is 24.3 Å². The van der Waals surface area contributed by atoms with Crippen molar-refractivity contribution < 1.29 is 14.3 Å². The SMILES string of the molecule is NCCOc1ccc(NC(=O)CC2(N3CCOCC3)CCCC2)cc1. The van der Waals surface area contributed by atoms with Crippen LogP contribution in [0.3, 0.4) is 0 Å². The van der Waals surface area contributed by atoms with Gasteiger partial charge in [-0.2, -0.15) is 0 Å². The lowest BCUT2D eigenvalue weighted by Gasteiger charge is -2.43. The van der Waals surface area contributed by atoms with Gasteiger partial charge in [0.05, 0.1) is 13.2 Å². The Bertz CT molecular complexity index is 550. The van der Waals surface area contributed by atoms with E-state index < -0.39 is 0 Å². The number of nitrogens with zero attached hydrogens (tertiary/aromatic N) is 1. The second-order valence-electron chi connectivity index (χ2n) is 6.92. The standard InChI is InChI=1S/C19H29N3O3/c20-9-12-25-17-5-3-16(4-6-17)21-18(23)15-19(7-1-2-8-19)22-10-13-24-14-11-22/h3-6H,1-2,7-15,20H2,(H,21,23). The molecule has 25 heavy (non-hydrogen) atoms. The summed E-state index contributed by atoms with van der Waals surface area (Å²) in [6.45, 7) is 4.39. The van der Waals surface area contributed by atoms with Gasteiger partial charge in [0.15, 0.2) is 0 Å². The second-order valence-corrected chi connectivity index (χ2v) is 6.92. The van der Waals surface area contributed by atoms with E-state index in [1.165, 1.54) is 12.8 Å². The van der Waals surface area contributed by atoms with Gasteiger partial charge in [-0.15, -0.1) is 0 Å². The van der Waals surface area contributed by atoms with Gasteiger partial charge in [-0.05, 0) is 37.1 Å². The Hall–Kier alpha value is -1.63. The van der Waals surface area contributed by atoms with Crippen molar-refractivity contribution in [2.24, 2.45) is 5.73 Å². The van der Waals surface area contributed by atoms with E-state index in [9.17, 15) is 4.79 Å². The number of hydrogen-bond acceptors (Lipinski definition) is 5. The van der Waals surface area contributed by atoms with Crippen molar-refractivity contribution in [3.63, 3.8) is 0 Å². The van der Waals surface area contributed by atoms with Gasteiger partial charge in [-0.1, -0.05) is 12.8 Å². The summed E-state index contributed by atoms with van der Waals surface area (Å²) in [6.07, 6.45) is 5.17. The molecule has 0 bridgehead atoms. The van der Waals surface area contributed by atoms with Crippen molar-refractivity contribution in [2.45, 2.75) is 37.6 Å². The molecule has 1 aromatic rings. The van der Waals surface area contributed by atoms with E-state index in [2.05, 4.69) is 10.2 Å². The highest BCUT2D eigenvalue weighted by Gasteiger charge is 2.41. The van der Waals surface area contributed by atoms with Crippen LogP contribution in [-0.4, -0.2) is 55.8 Å². The van der Waals surface area contributed by atoms with Gasteiger partial charge in [0.25, 0.3) is 0 Å². The molecule has 1 amide bonds. The summed E-state index contributed by atoms with van der Waals surface area (Å²) in [5.74, 6) is 0.855. The van der Waals surface area contributed by atoms with Crippen LogP contribution >= 0.6 is 0 Å². The fourth-order valence-electron chi connectivity index (χ4n) is 3.99.